The summed E-state index contributed by atoms with van der Waals surface area (Å²) < 4.78 is 25.3. The lowest BCUT2D eigenvalue weighted by atomic mass is 10.3. The van der Waals surface area contributed by atoms with Gasteiger partial charge in [-0.2, -0.15) is 0 Å². The molecule has 1 aliphatic heterocycles. The minimum atomic E-state index is -3.47. The highest BCUT2D eigenvalue weighted by Gasteiger charge is 2.37. The molecule has 0 N–H and O–H groups in total. The molecular weight excluding hydrogens is 248 g/mol. The smallest absolute Gasteiger partial charge is 0.202 e. The van der Waals surface area contributed by atoms with E-state index in [1.807, 2.05) is 6.08 Å². The van der Waals surface area contributed by atoms with Crippen LogP contribution in [0.2, 0.25) is 5.15 Å². The summed E-state index contributed by atoms with van der Waals surface area (Å²) in [7, 11) is -3.47. The lowest BCUT2D eigenvalue weighted by Gasteiger charge is -2.19. The Morgan fingerprint density at radius 1 is 1.44 bits per heavy atom. The number of imidazole rings is 1. The Hall–Kier alpha value is -0.810. The first-order chi connectivity index (χ1) is 7.25. The monoisotopic (exact) mass is 260 g/mol. The van der Waals surface area contributed by atoms with Crippen molar-refractivity contribution < 1.29 is 8.42 Å². The first-order valence-corrected chi connectivity index (χ1v) is 6.79. The third-order valence-corrected chi connectivity index (χ3v) is 5.40. The van der Waals surface area contributed by atoms with Gasteiger partial charge in [0.15, 0.2) is 10.2 Å². The number of allylic oxidation sites excluding steroid dienone is 1. The largest absolute Gasteiger partial charge is 0.293 e. The maximum absolute atomic E-state index is 12.3. The average Bonchev–Trinajstić information content (AvgIpc) is 2.59. The van der Waals surface area contributed by atoms with Crippen molar-refractivity contribution in [2.24, 2.45) is 0 Å². The van der Waals surface area contributed by atoms with Crippen molar-refractivity contribution in [3.05, 3.63) is 17.1 Å². The van der Waals surface area contributed by atoms with E-state index < -0.39 is 14.6 Å². The number of sulfone groups is 1. The molecular formula is C10H13ClN2O2S. The molecule has 1 aliphatic rings. The van der Waals surface area contributed by atoms with E-state index in [2.05, 4.69) is 4.98 Å². The molecule has 2 heterocycles. The Bertz CT molecular complexity index is 564. The van der Waals surface area contributed by atoms with Crippen LogP contribution in [0, 0.1) is 0 Å². The molecule has 0 aromatic carbocycles. The summed E-state index contributed by atoms with van der Waals surface area (Å²) in [5.74, 6) is 0.674. The predicted molar refractivity (Wildman–Crippen MR) is 63.2 cm³/mol. The number of rotatable bonds is 1. The van der Waals surface area contributed by atoms with E-state index >= 15 is 0 Å². The van der Waals surface area contributed by atoms with Gasteiger partial charge in [-0.3, -0.25) is 4.57 Å². The van der Waals surface area contributed by atoms with E-state index in [0.29, 0.717) is 12.2 Å². The van der Waals surface area contributed by atoms with Gasteiger partial charge >= 0.3 is 0 Å². The first-order valence-electron chi connectivity index (χ1n) is 4.93. The van der Waals surface area contributed by atoms with E-state index in [0.717, 1.165) is 0 Å². The summed E-state index contributed by atoms with van der Waals surface area (Å²) in [6.07, 6.45) is 4.19. The van der Waals surface area contributed by atoms with Crippen molar-refractivity contribution in [3.63, 3.8) is 0 Å². The Balaban J connectivity index is 2.71. The normalized spacial score (nSPS) is 15.5. The fourth-order valence-corrected chi connectivity index (χ4v) is 3.29. The van der Waals surface area contributed by atoms with Gasteiger partial charge in [0.2, 0.25) is 9.84 Å². The summed E-state index contributed by atoms with van der Waals surface area (Å²) in [5.41, 5.74) is 0. The van der Waals surface area contributed by atoms with E-state index in [-0.39, 0.29) is 10.2 Å². The molecule has 4 nitrogen and oxygen atoms in total. The molecule has 88 valence electrons. The van der Waals surface area contributed by atoms with E-state index in [4.69, 9.17) is 11.6 Å². The van der Waals surface area contributed by atoms with Crippen LogP contribution in [0.25, 0.3) is 6.20 Å². The Kier molecular flexibility index (Phi) is 2.44. The van der Waals surface area contributed by atoms with Crippen molar-refractivity contribution in [2.75, 3.05) is 0 Å². The van der Waals surface area contributed by atoms with Crippen molar-refractivity contribution in [1.82, 2.24) is 9.55 Å². The molecule has 1 aromatic heterocycles. The highest BCUT2D eigenvalue weighted by Crippen LogP contribution is 2.32. The average molecular weight is 261 g/mol. The van der Waals surface area contributed by atoms with Gasteiger partial charge in [-0.25, -0.2) is 13.4 Å². The molecule has 6 heteroatoms. The fourth-order valence-electron chi connectivity index (χ4n) is 1.52. The number of halogens is 1. The molecule has 0 amide bonds. The maximum atomic E-state index is 12.3. The molecule has 2 rings (SSSR count). The molecule has 1 aromatic rings. The quantitative estimate of drug-likeness (QED) is 0.777. The number of nitrogens with zero attached hydrogens (tertiary/aromatic N) is 2. The molecule has 0 spiro atoms. The van der Waals surface area contributed by atoms with Crippen LogP contribution in [0.4, 0.5) is 0 Å². The van der Waals surface area contributed by atoms with E-state index in [1.54, 1.807) is 31.5 Å². The molecule has 0 saturated carbocycles. The number of hydrogen-bond donors (Lipinski definition) is 0. The van der Waals surface area contributed by atoms with Crippen LogP contribution in [0.3, 0.4) is 0 Å². The summed E-state index contributed by atoms with van der Waals surface area (Å²) in [4.78, 5) is 4.06. The molecule has 0 bridgehead atoms. The van der Waals surface area contributed by atoms with Gasteiger partial charge in [0.1, 0.15) is 5.82 Å². The lowest BCUT2D eigenvalue weighted by Crippen LogP contribution is -2.29. The van der Waals surface area contributed by atoms with Gasteiger partial charge in [-0.15, -0.1) is 0 Å². The second-order valence-electron chi connectivity index (χ2n) is 4.70. The fraction of sp³-hybridized carbons (Fsp3) is 0.500. The van der Waals surface area contributed by atoms with Gasteiger partial charge in [-0.05, 0) is 20.8 Å². The summed E-state index contributed by atoms with van der Waals surface area (Å²) in [6.45, 7) is 4.95. The van der Waals surface area contributed by atoms with Crippen molar-refractivity contribution in [1.29, 1.82) is 0 Å². The molecule has 0 unspecified atom stereocenters. The third-order valence-electron chi connectivity index (χ3n) is 2.52. The Morgan fingerprint density at radius 2 is 2.06 bits per heavy atom. The summed E-state index contributed by atoms with van der Waals surface area (Å²) >= 11 is 5.91. The van der Waals surface area contributed by atoms with Crippen LogP contribution in [0.5, 0.6) is 0 Å². The highest BCUT2D eigenvalue weighted by molar-refractivity contribution is 7.92. The van der Waals surface area contributed by atoms with Crippen LogP contribution in [0.15, 0.2) is 11.1 Å². The van der Waals surface area contributed by atoms with Gasteiger partial charge in [0, 0.05) is 12.6 Å². The molecule has 0 aliphatic carbocycles. The van der Waals surface area contributed by atoms with Crippen molar-refractivity contribution in [2.45, 2.75) is 37.0 Å². The van der Waals surface area contributed by atoms with Gasteiger partial charge in [0.05, 0.1) is 4.75 Å². The maximum Gasteiger partial charge on any atom is 0.202 e. The van der Waals surface area contributed by atoms with Gasteiger partial charge in [0.25, 0.3) is 0 Å². The molecule has 0 atom stereocenters. The Morgan fingerprint density at radius 3 is 2.62 bits per heavy atom. The zero-order chi connectivity index (χ0) is 12.1. The second kappa shape index (κ2) is 3.34. The highest BCUT2D eigenvalue weighted by atomic mass is 35.5. The lowest BCUT2D eigenvalue weighted by molar-refractivity contribution is 0.554. The van der Waals surface area contributed by atoms with Crippen LogP contribution < -0.4 is 0 Å². The van der Waals surface area contributed by atoms with Crippen LogP contribution in [-0.2, 0) is 16.3 Å². The van der Waals surface area contributed by atoms with Crippen LogP contribution in [-0.4, -0.2) is 22.7 Å². The van der Waals surface area contributed by atoms with Crippen LogP contribution >= 0.6 is 11.6 Å². The van der Waals surface area contributed by atoms with Gasteiger partial charge in [-0.1, -0.05) is 17.7 Å². The minimum absolute atomic E-state index is 0.0641. The summed E-state index contributed by atoms with van der Waals surface area (Å²) in [5, 5.41) is 0.166. The number of aromatic nitrogens is 2. The minimum Gasteiger partial charge on any atom is -0.293 e. The van der Waals surface area contributed by atoms with E-state index in [1.165, 1.54) is 0 Å². The second-order valence-corrected chi connectivity index (χ2v) is 7.68. The van der Waals surface area contributed by atoms with Crippen molar-refractivity contribution in [3.8, 4) is 0 Å². The SMILES string of the molecule is CC(C)(C)S(=O)(=O)c1c(Cl)nc2n1C=CC2. The molecule has 0 saturated heterocycles. The van der Waals surface area contributed by atoms with Crippen molar-refractivity contribution >= 4 is 27.6 Å². The molecule has 0 fully saturated rings. The Labute approximate surface area is 99.9 Å². The topological polar surface area (TPSA) is 52.0 Å². The predicted octanol–water partition coefficient (Wildman–Crippen LogP) is 2.14. The standard InChI is InChI=1S/C10H13ClN2O2S/c1-10(2,3)16(14,15)9-8(11)12-7-5-4-6-13(7)9/h4,6H,5H2,1-3H3. The zero-order valence-corrected chi connectivity index (χ0v) is 10.9. The van der Waals surface area contributed by atoms with Gasteiger partial charge < -0.3 is 0 Å². The molecule has 16 heavy (non-hydrogen) atoms. The van der Waals surface area contributed by atoms with E-state index in [9.17, 15) is 8.42 Å². The number of hydrogen-bond acceptors (Lipinski definition) is 3. The third kappa shape index (κ3) is 1.50. The molecule has 0 radical (unpaired) electrons. The summed E-state index contributed by atoms with van der Waals surface area (Å²) in [6, 6.07) is 0. The zero-order valence-electron chi connectivity index (χ0n) is 9.36. The first kappa shape index (κ1) is 11.7. The van der Waals surface area contributed by atoms with Crippen LogP contribution in [0.1, 0.15) is 26.6 Å². The number of fused-ring (bicyclic) bond motifs is 1.